The van der Waals surface area contributed by atoms with Crippen LogP contribution in [-0.4, -0.2) is 30.1 Å². The van der Waals surface area contributed by atoms with Gasteiger partial charge in [-0.2, -0.15) is 0 Å². The second-order valence-corrected chi connectivity index (χ2v) is 12.0. The number of aliphatic hydroxyl groups excluding tert-OH is 1. The van der Waals surface area contributed by atoms with Gasteiger partial charge >= 0.3 is 0 Å². The van der Waals surface area contributed by atoms with Crippen molar-refractivity contribution >= 4 is 11.5 Å². The Morgan fingerprint density at radius 1 is 1.09 bits per heavy atom. The molecule has 0 bridgehead atoms. The molecule has 3 nitrogen and oxygen atoms in total. The van der Waals surface area contributed by atoms with E-state index in [1.165, 1.54) is 23.2 Å². The van der Waals surface area contributed by atoms with E-state index < -0.39 is 0 Å². The summed E-state index contributed by atoms with van der Waals surface area (Å²) in [6.45, 7) is 9.08. The Morgan fingerprint density at radius 3 is 2.50 bits per heavy atom. The monoisotopic (exact) mass is 435 g/mol. The molecule has 1 N–H and O–H groups in total. The molecule has 5 rings (SSSR count). The molecule has 4 aliphatic carbocycles. The summed E-state index contributed by atoms with van der Waals surface area (Å²) in [5, 5.41) is 11.3. The zero-order valence-electron chi connectivity index (χ0n) is 20.6. The maximum absolute atomic E-state index is 12.2. The first-order valence-electron chi connectivity index (χ1n) is 12.9. The number of hydrogen-bond donors (Lipinski definition) is 1. The molecule has 174 valence electrons. The summed E-state index contributed by atoms with van der Waals surface area (Å²) in [4.78, 5) is 14.5. The standard InChI is InChI=1S/C29H41NO2/c1-17(2)30(5)21-9-6-19(7-10-21)25-16-29(4)26(14-18(3)28(29)32)24-12-8-20-15-22(31)11-13-23(20)27(24)25/h6-7,9-10,15,17-18,23-28,32H,8,11-14,16H2,1-5H3/t18-,23?,24?,25?,26?,27?,28?,29?/m1/s1. The van der Waals surface area contributed by atoms with Gasteiger partial charge in [0.15, 0.2) is 5.78 Å². The summed E-state index contributed by atoms with van der Waals surface area (Å²) in [7, 11) is 2.16. The third-order valence-corrected chi connectivity index (χ3v) is 10.1. The topological polar surface area (TPSA) is 40.5 Å². The molecule has 1 aromatic carbocycles. The molecule has 1 aromatic rings. The number of aliphatic hydroxyl groups is 1. The van der Waals surface area contributed by atoms with Crippen LogP contribution in [0.15, 0.2) is 35.9 Å². The van der Waals surface area contributed by atoms with E-state index in [2.05, 4.69) is 63.9 Å². The van der Waals surface area contributed by atoms with Crippen LogP contribution in [0, 0.1) is 35.0 Å². The normalized spacial score (nSPS) is 41.0. The Hall–Kier alpha value is -1.61. The van der Waals surface area contributed by atoms with E-state index in [4.69, 9.17) is 0 Å². The maximum Gasteiger partial charge on any atom is 0.155 e. The summed E-state index contributed by atoms with van der Waals surface area (Å²) >= 11 is 0. The number of ketones is 1. The van der Waals surface area contributed by atoms with Crippen molar-refractivity contribution in [2.45, 2.75) is 84.3 Å². The van der Waals surface area contributed by atoms with Crippen LogP contribution in [0.3, 0.4) is 0 Å². The molecule has 7 unspecified atom stereocenters. The summed E-state index contributed by atoms with van der Waals surface area (Å²) in [6, 6.07) is 9.76. The van der Waals surface area contributed by atoms with Crippen molar-refractivity contribution in [2.75, 3.05) is 11.9 Å². The van der Waals surface area contributed by atoms with Gasteiger partial charge in [0.05, 0.1) is 6.10 Å². The highest BCUT2D eigenvalue weighted by atomic mass is 16.3. The van der Waals surface area contributed by atoms with Gasteiger partial charge in [-0.25, -0.2) is 0 Å². The second kappa shape index (κ2) is 8.01. The number of benzene rings is 1. The number of hydrogen-bond acceptors (Lipinski definition) is 3. The average molecular weight is 436 g/mol. The average Bonchev–Trinajstić information content (AvgIpc) is 3.01. The largest absolute Gasteiger partial charge is 0.392 e. The molecule has 0 aliphatic heterocycles. The predicted octanol–water partition coefficient (Wildman–Crippen LogP) is 5.97. The van der Waals surface area contributed by atoms with Crippen molar-refractivity contribution in [1.29, 1.82) is 0 Å². The van der Waals surface area contributed by atoms with Gasteiger partial charge in [0.2, 0.25) is 0 Å². The third kappa shape index (κ3) is 3.38. The number of anilines is 1. The third-order valence-electron chi connectivity index (χ3n) is 10.1. The van der Waals surface area contributed by atoms with Crippen LogP contribution < -0.4 is 4.90 Å². The van der Waals surface area contributed by atoms with E-state index in [1.807, 2.05) is 6.08 Å². The summed E-state index contributed by atoms with van der Waals surface area (Å²) in [6.07, 6.45) is 8.04. The lowest BCUT2D eigenvalue weighted by Crippen LogP contribution is -2.51. The van der Waals surface area contributed by atoms with Crippen molar-refractivity contribution in [3.05, 3.63) is 41.5 Å². The molecule has 3 heteroatoms. The van der Waals surface area contributed by atoms with Crippen LogP contribution >= 0.6 is 0 Å². The number of nitrogens with zero attached hydrogens (tertiary/aromatic N) is 1. The van der Waals surface area contributed by atoms with Gasteiger partial charge in [-0.1, -0.05) is 31.6 Å². The molecule has 3 saturated carbocycles. The zero-order valence-corrected chi connectivity index (χ0v) is 20.6. The van der Waals surface area contributed by atoms with E-state index in [0.717, 1.165) is 25.7 Å². The molecule has 32 heavy (non-hydrogen) atoms. The minimum atomic E-state index is -0.202. The highest BCUT2D eigenvalue weighted by Gasteiger charge is 2.61. The van der Waals surface area contributed by atoms with Gasteiger partial charge < -0.3 is 10.0 Å². The SMILES string of the molecule is CC(C)N(C)c1ccc(C2CC3(C)C(C[C@@H](C)C3O)C3CCC4=CC(=O)CCC4C23)cc1. The van der Waals surface area contributed by atoms with Crippen LogP contribution in [0.2, 0.25) is 0 Å². The van der Waals surface area contributed by atoms with Crippen molar-refractivity contribution in [2.24, 2.45) is 35.0 Å². The molecule has 0 radical (unpaired) electrons. The highest BCUT2D eigenvalue weighted by Crippen LogP contribution is 2.66. The van der Waals surface area contributed by atoms with Gasteiger partial charge in [-0.15, -0.1) is 0 Å². The minimum Gasteiger partial charge on any atom is -0.392 e. The van der Waals surface area contributed by atoms with Gasteiger partial charge in [0, 0.05) is 25.2 Å². The molecular formula is C29H41NO2. The minimum absolute atomic E-state index is 0.00432. The lowest BCUT2D eigenvalue weighted by atomic mass is 9.48. The molecule has 3 fully saturated rings. The van der Waals surface area contributed by atoms with Gasteiger partial charge in [-0.3, -0.25) is 4.79 Å². The zero-order chi connectivity index (χ0) is 22.8. The van der Waals surface area contributed by atoms with Gasteiger partial charge in [0.25, 0.3) is 0 Å². The Kier molecular flexibility index (Phi) is 5.55. The van der Waals surface area contributed by atoms with E-state index >= 15 is 0 Å². The van der Waals surface area contributed by atoms with Crippen molar-refractivity contribution in [1.82, 2.24) is 0 Å². The molecule has 0 spiro atoms. The lowest BCUT2D eigenvalue weighted by Gasteiger charge is -2.57. The van der Waals surface area contributed by atoms with Crippen LogP contribution in [0.4, 0.5) is 5.69 Å². The molecule has 0 saturated heterocycles. The second-order valence-electron chi connectivity index (χ2n) is 12.0. The Balaban J connectivity index is 1.55. The first-order valence-corrected chi connectivity index (χ1v) is 12.9. The number of carbonyl (C=O) groups is 1. The molecular weight excluding hydrogens is 394 g/mol. The van der Waals surface area contributed by atoms with Gasteiger partial charge in [-0.05, 0) is 111 Å². The molecule has 0 amide bonds. The number of fused-ring (bicyclic) bond motifs is 5. The fraction of sp³-hybridized carbons (Fsp3) is 0.690. The van der Waals surface area contributed by atoms with Crippen LogP contribution in [0.25, 0.3) is 0 Å². The number of rotatable bonds is 3. The molecule has 4 aliphatic rings. The van der Waals surface area contributed by atoms with E-state index in [1.54, 1.807) is 0 Å². The van der Waals surface area contributed by atoms with Crippen LogP contribution in [0.5, 0.6) is 0 Å². The predicted molar refractivity (Wildman–Crippen MR) is 131 cm³/mol. The fourth-order valence-corrected chi connectivity index (χ4v) is 8.25. The maximum atomic E-state index is 12.2. The lowest BCUT2D eigenvalue weighted by molar-refractivity contribution is -0.116. The number of allylic oxidation sites excluding steroid dienone is 1. The first-order chi connectivity index (χ1) is 15.2. The summed E-state index contributed by atoms with van der Waals surface area (Å²) < 4.78 is 0. The van der Waals surface area contributed by atoms with Crippen LogP contribution in [0.1, 0.15) is 77.7 Å². The molecule has 0 heterocycles. The van der Waals surface area contributed by atoms with Crippen molar-refractivity contribution in [3.63, 3.8) is 0 Å². The Morgan fingerprint density at radius 2 is 1.81 bits per heavy atom. The van der Waals surface area contributed by atoms with Crippen LogP contribution in [-0.2, 0) is 4.79 Å². The Bertz CT molecular complexity index is 902. The Labute approximate surface area is 194 Å². The summed E-state index contributed by atoms with van der Waals surface area (Å²) in [5.41, 5.74) is 4.14. The molecule has 8 atom stereocenters. The van der Waals surface area contributed by atoms with Crippen molar-refractivity contribution in [3.8, 4) is 0 Å². The first kappa shape index (κ1) is 22.2. The number of carbonyl (C=O) groups excluding carboxylic acids is 1. The van der Waals surface area contributed by atoms with Gasteiger partial charge in [0.1, 0.15) is 0 Å². The van der Waals surface area contributed by atoms with E-state index in [-0.39, 0.29) is 11.5 Å². The summed E-state index contributed by atoms with van der Waals surface area (Å²) in [5.74, 6) is 3.60. The highest BCUT2D eigenvalue weighted by molar-refractivity contribution is 5.91. The van der Waals surface area contributed by atoms with E-state index in [0.29, 0.717) is 53.8 Å². The molecule has 0 aromatic heterocycles. The fourth-order valence-electron chi connectivity index (χ4n) is 8.25. The van der Waals surface area contributed by atoms with Crippen molar-refractivity contribution < 1.29 is 9.90 Å². The quantitative estimate of drug-likeness (QED) is 0.635. The van der Waals surface area contributed by atoms with E-state index in [9.17, 15) is 9.90 Å². The smallest absolute Gasteiger partial charge is 0.155 e.